The van der Waals surface area contributed by atoms with Crippen LogP contribution in [0.2, 0.25) is 0 Å². The Morgan fingerprint density at radius 3 is 2.12 bits per heavy atom. The summed E-state index contributed by atoms with van der Waals surface area (Å²) in [6, 6.07) is 14.4. The highest BCUT2D eigenvalue weighted by atomic mass is 79.9. The van der Waals surface area contributed by atoms with E-state index in [2.05, 4.69) is 27.0 Å². The monoisotopic (exact) mass is 538 g/mol. The van der Waals surface area contributed by atoms with Crippen LogP contribution in [0.3, 0.4) is 0 Å². The Labute approximate surface area is 209 Å². The molecule has 1 heterocycles. The molecule has 0 atom stereocenters. The highest BCUT2D eigenvalue weighted by molar-refractivity contribution is 9.10. The predicted molar refractivity (Wildman–Crippen MR) is 132 cm³/mol. The van der Waals surface area contributed by atoms with E-state index in [0.29, 0.717) is 28.4 Å². The van der Waals surface area contributed by atoms with Crippen molar-refractivity contribution < 1.29 is 19.0 Å². The van der Waals surface area contributed by atoms with Crippen molar-refractivity contribution in [2.75, 3.05) is 32.8 Å². The Kier molecular flexibility index (Phi) is 8.00. The van der Waals surface area contributed by atoms with Gasteiger partial charge < -0.3 is 19.9 Å². The number of anilines is 1. The van der Waals surface area contributed by atoms with E-state index in [1.54, 1.807) is 36.4 Å². The number of halogens is 1. The van der Waals surface area contributed by atoms with Gasteiger partial charge in [-0.3, -0.25) is 4.79 Å². The van der Waals surface area contributed by atoms with Crippen LogP contribution >= 0.6 is 27.7 Å². The molecule has 2 aromatic carbocycles. The van der Waals surface area contributed by atoms with Gasteiger partial charge in [0.25, 0.3) is 0 Å². The molecule has 0 saturated heterocycles. The molecule has 0 aliphatic rings. The molecule has 3 aromatic rings. The summed E-state index contributed by atoms with van der Waals surface area (Å²) in [5, 5.41) is 20.0. The number of nitrogens with zero attached hydrogens (tertiary/aromatic N) is 3. The maximum Gasteiger partial charge on any atom is 0.203 e. The minimum Gasteiger partial charge on any atom is -0.493 e. The second-order valence-corrected chi connectivity index (χ2v) is 8.66. The Balaban J connectivity index is 2.12. The van der Waals surface area contributed by atoms with Crippen LogP contribution in [0.1, 0.15) is 21.5 Å². The van der Waals surface area contributed by atoms with Gasteiger partial charge in [-0.25, -0.2) is 4.98 Å². The lowest BCUT2D eigenvalue weighted by atomic mass is 9.96. The Hall–Kier alpha value is -3.73. The zero-order chi connectivity index (χ0) is 24.8. The lowest BCUT2D eigenvalue weighted by Crippen LogP contribution is -2.07. The molecule has 8 nitrogen and oxygen atoms in total. The minimum absolute atomic E-state index is 0.0311. The first-order valence-corrected chi connectivity index (χ1v) is 11.5. The summed E-state index contributed by atoms with van der Waals surface area (Å²) in [4.78, 5) is 16.9. The van der Waals surface area contributed by atoms with Gasteiger partial charge in [0, 0.05) is 15.6 Å². The lowest BCUT2D eigenvalue weighted by molar-refractivity contribution is 0.102. The summed E-state index contributed by atoms with van der Waals surface area (Å²) in [6.45, 7) is 0. The number of Topliss-reactive ketones (excluding diaryl/α,β-unsaturated/α-hetero) is 1. The van der Waals surface area contributed by atoms with Crippen molar-refractivity contribution in [2.24, 2.45) is 0 Å². The zero-order valence-corrected chi connectivity index (χ0v) is 20.9. The normalized spacial score (nSPS) is 10.2. The average molecular weight is 539 g/mol. The molecule has 0 spiro atoms. The van der Waals surface area contributed by atoms with Gasteiger partial charge >= 0.3 is 0 Å². The highest BCUT2D eigenvalue weighted by Crippen LogP contribution is 2.44. The van der Waals surface area contributed by atoms with Crippen LogP contribution < -0.4 is 19.9 Å². The summed E-state index contributed by atoms with van der Waals surface area (Å²) < 4.78 is 17.1. The van der Waals surface area contributed by atoms with Gasteiger partial charge in [0.05, 0.1) is 32.6 Å². The number of carbonyl (C=O) groups is 1. The molecule has 0 fully saturated rings. The number of nitriles is 2. The molecule has 1 aromatic heterocycles. The van der Waals surface area contributed by atoms with E-state index in [-0.39, 0.29) is 39.1 Å². The van der Waals surface area contributed by atoms with Gasteiger partial charge in [-0.2, -0.15) is 10.5 Å². The van der Waals surface area contributed by atoms with Crippen molar-refractivity contribution in [2.45, 2.75) is 5.03 Å². The molecule has 2 N–H and O–H groups in total. The van der Waals surface area contributed by atoms with Crippen LogP contribution in [0.5, 0.6) is 17.2 Å². The topological polar surface area (TPSA) is 131 Å². The van der Waals surface area contributed by atoms with E-state index in [0.717, 1.165) is 16.2 Å². The molecular formula is C24H19BrN4O4S. The van der Waals surface area contributed by atoms with E-state index >= 15 is 0 Å². The van der Waals surface area contributed by atoms with Crippen molar-refractivity contribution in [3.8, 4) is 40.5 Å². The first kappa shape index (κ1) is 24.9. The third kappa shape index (κ3) is 4.93. The number of pyridine rings is 1. The molecule has 34 heavy (non-hydrogen) atoms. The number of ketones is 1. The number of rotatable bonds is 8. The molecule has 0 aliphatic carbocycles. The third-order valence-corrected chi connectivity index (χ3v) is 6.38. The number of ether oxygens (including phenoxy) is 3. The molecule has 0 bridgehead atoms. The molecule has 0 radical (unpaired) electrons. The zero-order valence-electron chi connectivity index (χ0n) is 18.5. The molecule has 3 rings (SSSR count). The number of hydrogen-bond donors (Lipinski definition) is 1. The Bertz CT molecular complexity index is 1310. The second kappa shape index (κ2) is 10.9. The summed E-state index contributed by atoms with van der Waals surface area (Å²) in [6.07, 6.45) is 0. The summed E-state index contributed by atoms with van der Waals surface area (Å²) in [5.74, 6) is 0.898. The van der Waals surface area contributed by atoms with Gasteiger partial charge in [0.2, 0.25) is 5.75 Å². The summed E-state index contributed by atoms with van der Waals surface area (Å²) in [5.41, 5.74) is 7.51. The van der Waals surface area contributed by atoms with E-state index in [1.165, 1.54) is 21.3 Å². The first-order valence-electron chi connectivity index (χ1n) is 9.74. The van der Waals surface area contributed by atoms with Gasteiger partial charge in [-0.05, 0) is 29.8 Å². The predicted octanol–water partition coefficient (Wildman–Crippen LogP) is 4.84. The maximum atomic E-state index is 12.7. The number of nitrogen functional groups attached to an aromatic ring is 1. The van der Waals surface area contributed by atoms with Gasteiger partial charge in [0.1, 0.15) is 28.5 Å². The third-order valence-electron chi connectivity index (χ3n) is 4.88. The standard InChI is InChI=1S/C24H19BrN4O4S/c1-31-19-8-14(9-20(32-2)22(19)33-3)21-16(10-26)23(28)29-24(17(21)11-27)34-12-18(30)13-4-6-15(25)7-5-13/h4-9H,12H2,1-3H3,(H2,28,29). The van der Waals surface area contributed by atoms with Gasteiger partial charge in [-0.1, -0.05) is 39.8 Å². The molecular weight excluding hydrogens is 520 g/mol. The van der Waals surface area contributed by atoms with Crippen LogP contribution in [-0.4, -0.2) is 37.8 Å². The van der Waals surface area contributed by atoms with E-state index < -0.39 is 0 Å². The highest BCUT2D eigenvalue weighted by Gasteiger charge is 2.24. The number of benzene rings is 2. The fourth-order valence-electron chi connectivity index (χ4n) is 3.27. The first-order chi connectivity index (χ1) is 16.4. The number of nitrogens with two attached hydrogens (primary N) is 1. The van der Waals surface area contributed by atoms with Crippen LogP contribution in [0.4, 0.5) is 5.82 Å². The fraction of sp³-hybridized carbons (Fsp3) is 0.167. The number of carbonyl (C=O) groups excluding carboxylic acids is 1. The minimum atomic E-state index is -0.138. The van der Waals surface area contributed by atoms with E-state index in [9.17, 15) is 15.3 Å². The van der Waals surface area contributed by atoms with Crippen molar-refractivity contribution in [1.29, 1.82) is 10.5 Å². The Morgan fingerprint density at radius 1 is 1.03 bits per heavy atom. The summed E-state index contributed by atoms with van der Waals surface area (Å²) in [7, 11) is 4.41. The van der Waals surface area contributed by atoms with Crippen LogP contribution in [0, 0.1) is 22.7 Å². The maximum absolute atomic E-state index is 12.7. The van der Waals surface area contributed by atoms with Crippen molar-refractivity contribution in [3.05, 3.63) is 57.6 Å². The van der Waals surface area contributed by atoms with Crippen molar-refractivity contribution in [1.82, 2.24) is 4.98 Å². The van der Waals surface area contributed by atoms with Gasteiger partial charge in [0.15, 0.2) is 17.3 Å². The SMILES string of the molecule is COc1cc(-c2c(C#N)c(N)nc(SCC(=O)c3ccc(Br)cc3)c2C#N)cc(OC)c1OC. The molecule has 10 heteroatoms. The molecule has 0 saturated carbocycles. The molecule has 0 aliphatic heterocycles. The summed E-state index contributed by atoms with van der Waals surface area (Å²) >= 11 is 4.42. The van der Waals surface area contributed by atoms with Crippen LogP contribution in [0.15, 0.2) is 45.9 Å². The number of methoxy groups -OCH3 is 3. The van der Waals surface area contributed by atoms with Crippen molar-refractivity contribution in [3.63, 3.8) is 0 Å². The largest absolute Gasteiger partial charge is 0.493 e. The second-order valence-electron chi connectivity index (χ2n) is 6.78. The van der Waals surface area contributed by atoms with Crippen LogP contribution in [0.25, 0.3) is 11.1 Å². The molecule has 0 amide bonds. The van der Waals surface area contributed by atoms with E-state index in [4.69, 9.17) is 19.9 Å². The van der Waals surface area contributed by atoms with Crippen molar-refractivity contribution >= 4 is 39.3 Å². The number of aromatic nitrogens is 1. The lowest BCUT2D eigenvalue weighted by Gasteiger charge is -2.17. The molecule has 172 valence electrons. The smallest absolute Gasteiger partial charge is 0.203 e. The average Bonchev–Trinajstić information content (AvgIpc) is 2.86. The number of thioether (sulfide) groups is 1. The Morgan fingerprint density at radius 2 is 1.62 bits per heavy atom. The number of hydrogen-bond acceptors (Lipinski definition) is 9. The van der Waals surface area contributed by atoms with Gasteiger partial charge in [-0.15, -0.1) is 0 Å². The van der Waals surface area contributed by atoms with Crippen LogP contribution in [-0.2, 0) is 0 Å². The van der Waals surface area contributed by atoms with E-state index in [1.807, 2.05) is 6.07 Å². The molecule has 0 unspecified atom stereocenters. The quantitative estimate of drug-likeness (QED) is 0.316. The fourth-order valence-corrected chi connectivity index (χ4v) is 4.42.